The molecule has 2 nitrogen and oxygen atoms in total. The lowest BCUT2D eigenvalue weighted by molar-refractivity contribution is 0.426. The van der Waals surface area contributed by atoms with Gasteiger partial charge < -0.3 is 10.0 Å². The van der Waals surface area contributed by atoms with Crippen molar-refractivity contribution < 1.29 is 10.0 Å². The first-order chi connectivity index (χ1) is 41.4. The maximum atomic E-state index is 10.1. The zero-order valence-electron chi connectivity index (χ0n) is 45.9. The van der Waals surface area contributed by atoms with Crippen LogP contribution in [-0.4, -0.2) is 17.2 Å². The number of halogens is 1. The largest absolute Gasteiger partial charge is 0.489 e. The first-order valence-corrected chi connectivity index (χ1v) is 29.5. The lowest BCUT2D eigenvalue weighted by Crippen LogP contribution is -2.31. The summed E-state index contributed by atoms with van der Waals surface area (Å²) in [6, 6.07) is 112. The minimum Gasteiger partial charge on any atom is -0.423 e. The van der Waals surface area contributed by atoms with E-state index in [0.717, 1.165) is 38.2 Å². The van der Waals surface area contributed by atoms with E-state index in [4.69, 9.17) is 0 Å². The van der Waals surface area contributed by atoms with Crippen LogP contribution in [0.15, 0.2) is 315 Å². The highest BCUT2D eigenvalue weighted by atomic mass is 127. The van der Waals surface area contributed by atoms with E-state index in [1.54, 1.807) is 0 Å². The Morgan fingerprint density at radius 3 is 0.929 bits per heavy atom. The first kappa shape index (κ1) is 52.4. The van der Waals surface area contributed by atoms with Gasteiger partial charge in [-0.05, 0) is 200 Å². The van der Waals surface area contributed by atoms with Crippen LogP contribution in [0.5, 0.6) is 0 Å². The minimum absolute atomic E-state index is 0.555. The van der Waals surface area contributed by atoms with Crippen molar-refractivity contribution in [3.63, 3.8) is 0 Å². The Morgan fingerprint density at radius 2 is 0.500 bits per heavy atom. The molecule has 0 saturated heterocycles. The Hall–Kier alpha value is -9.69. The van der Waals surface area contributed by atoms with Crippen LogP contribution in [0.4, 0.5) is 0 Å². The third kappa shape index (κ3) is 9.94. The molecule has 0 unspecified atom stereocenters. The zero-order valence-corrected chi connectivity index (χ0v) is 48.0. The van der Waals surface area contributed by atoms with Crippen molar-refractivity contribution in [2.45, 2.75) is 0 Å². The maximum absolute atomic E-state index is 10.1. The molecule has 2 N–H and O–H groups in total. The van der Waals surface area contributed by atoms with Gasteiger partial charge in [0.1, 0.15) is 0 Å². The molecular formula is C80H54BIO2. The molecule has 0 saturated carbocycles. The van der Waals surface area contributed by atoms with Crippen LogP contribution in [0, 0.1) is 3.57 Å². The third-order valence-corrected chi connectivity index (χ3v) is 17.1. The van der Waals surface area contributed by atoms with E-state index in [1.807, 2.05) is 54.6 Å². The zero-order chi connectivity index (χ0) is 56.5. The van der Waals surface area contributed by atoms with Crippen LogP contribution in [0.3, 0.4) is 0 Å². The summed E-state index contributed by atoms with van der Waals surface area (Å²) < 4.78 is 1.29. The highest BCUT2D eigenvalue weighted by Crippen LogP contribution is 2.45. The average Bonchev–Trinajstić information content (AvgIpc) is 3.02. The number of benzene rings is 16. The molecule has 16 rings (SSSR count). The van der Waals surface area contributed by atoms with E-state index >= 15 is 0 Å². The quantitative estimate of drug-likeness (QED) is 0.0754. The van der Waals surface area contributed by atoms with Crippen molar-refractivity contribution in [3.8, 4) is 55.6 Å². The van der Waals surface area contributed by atoms with Gasteiger partial charge in [0.25, 0.3) is 0 Å². The Bertz CT molecular complexity index is 5020. The maximum Gasteiger partial charge on any atom is 0.489 e. The van der Waals surface area contributed by atoms with Crippen molar-refractivity contribution in [2.75, 3.05) is 0 Å². The van der Waals surface area contributed by atoms with Crippen molar-refractivity contribution in [1.82, 2.24) is 0 Å². The summed E-state index contributed by atoms with van der Waals surface area (Å²) in [6.07, 6.45) is 0. The molecule has 0 fully saturated rings. The lowest BCUT2D eigenvalue weighted by atomic mass is 9.72. The van der Waals surface area contributed by atoms with E-state index in [1.165, 1.54) is 107 Å². The van der Waals surface area contributed by atoms with Crippen molar-refractivity contribution >= 4 is 121 Å². The van der Waals surface area contributed by atoms with Crippen LogP contribution >= 0.6 is 22.6 Å². The molecule has 16 aromatic carbocycles. The van der Waals surface area contributed by atoms with Gasteiger partial charge >= 0.3 is 7.12 Å². The van der Waals surface area contributed by atoms with Crippen LogP contribution < -0.4 is 5.46 Å². The SMILES string of the molecule is Ic1ccc2c(ccc3ccccc32)c1.OB(O)c1c2ccccc2c(-c2cccc(-c3ccccc3)c2)c2ccccc12.c1ccc(-c2cccc(-c3c4ccccc4c(-c4ccc5c(ccc6ccccc65)c4)c4ccccc34)c2)cc1. The standard InChI is InChI=1S/C40H26.C26H19BO2.C14H9I/c1-2-11-27(12-3-1)29-14-10-15-31(25-29)39-35-17-6-8-19-37(35)40(38-20-9-7-18-36(38)39)32-23-24-34-30(26-32)22-21-28-13-4-5-16-33(28)34;28-27(29)26-23-15-6-4-13-21(23)25(22-14-5-7-16-24(22)26)20-12-8-11-19(17-20)18-9-2-1-3-10-18;15-12-7-8-14-11(9-12)6-5-10-3-1-2-4-13(10)14/h1-26H;1-17,28-29H;1-9H. The second-order valence-electron chi connectivity index (χ2n) is 21.4. The van der Waals surface area contributed by atoms with Gasteiger partial charge in [-0.15, -0.1) is 0 Å². The first-order valence-electron chi connectivity index (χ1n) is 28.5. The predicted octanol–water partition coefficient (Wildman–Crippen LogP) is 20.9. The van der Waals surface area contributed by atoms with E-state index < -0.39 is 7.12 Å². The summed E-state index contributed by atoms with van der Waals surface area (Å²) in [5, 5.41) is 39.6. The van der Waals surface area contributed by atoms with Crippen molar-refractivity contribution in [3.05, 3.63) is 319 Å². The van der Waals surface area contributed by atoms with E-state index in [0.29, 0.717) is 5.46 Å². The number of hydrogen-bond acceptors (Lipinski definition) is 2. The van der Waals surface area contributed by atoms with Crippen LogP contribution in [0.2, 0.25) is 0 Å². The van der Waals surface area contributed by atoms with Crippen LogP contribution in [0.1, 0.15) is 0 Å². The molecule has 0 aliphatic carbocycles. The smallest absolute Gasteiger partial charge is 0.423 e. The summed E-state index contributed by atoms with van der Waals surface area (Å²) in [6.45, 7) is 0. The normalized spacial score (nSPS) is 11.3. The van der Waals surface area contributed by atoms with Crippen molar-refractivity contribution in [2.24, 2.45) is 0 Å². The molecule has 0 heterocycles. The van der Waals surface area contributed by atoms with Gasteiger partial charge in [-0.1, -0.05) is 285 Å². The molecule has 0 aliphatic rings. The van der Waals surface area contributed by atoms with Gasteiger partial charge in [0.15, 0.2) is 0 Å². The van der Waals surface area contributed by atoms with Crippen LogP contribution in [0.25, 0.3) is 142 Å². The molecule has 0 atom stereocenters. The number of rotatable bonds is 6. The summed E-state index contributed by atoms with van der Waals surface area (Å²) in [4.78, 5) is 0. The predicted molar refractivity (Wildman–Crippen MR) is 369 cm³/mol. The molecule has 0 amide bonds. The molecule has 0 aliphatic heterocycles. The molecule has 0 radical (unpaired) electrons. The van der Waals surface area contributed by atoms with Gasteiger partial charge in [-0.2, -0.15) is 0 Å². The number of hydrogen-bond donors (Lipinski definition) is 2. The monoisotopic (exact) mass is 1180 g/mol. The van der Waals surface area contributed by atoms with E-state index in [-0.39, 0.29) is 0 Å². The number of fused-ring (bicyclic) bond motifs is 10. The van der Waals surface area contributed by atoms with Gasteiger partial charge in [0.2, 0.25) is 0 Å². The highest BCUT2D eigenvalue weighted by molar-refractivity contribution is 14.1. The van der Waals surface area contributed by atoms with Gasteiger partial charge in [0, 0.05) is 3.57 Å². The van der Waals surface area contributed by atoms with Crippen molar-refractivity contribution in [1.29, 1.82) is 0 Å². The fraction of sp³-hybridized carbons (Fsp3) is 0. The minimum atomic E-state index is -1.53. The Labute approximate surface area is 502 Å². The lowest BCUT2D eigenvalue weighted by Gasteiger charge is -2.18. The summed E-state index contributed by atoms with van der Waals surface area (Å²) >= 11 is 2.35. The highest BCUT2D eigenvalue weighted by Gasteiger charge is 2.23. The topological polar surface area (TPSA) is 40.5 Å². The fourth-order valence-corrected chi connectivity index (χ4v) is 13.1. The molecule has 4 heteroatoms. The third-order valence-electron chi connectivity index (χ3n) is 16.4. The summed E-state index contributed by atoms with van der Waals surface area (Å²) in [7, 11) is -1.53. The molecule has 84 heavy (non-hydrogen) atoms. The molecule has 16 aromatic rings. The van der Waals surface area contributed by atoms with Gasteiger partial charge in [-0.3, -0.25) is 0 Å². The summed E-state index contributed by atoms with van der Waals surface area (Å²) in [5.41, 5.74) is 12.6. The van der Waals surface area contributed by atoms with Gasteiger partial charge in [-0.25, -0.2) is 0 Å². The Balaban J connectivity index is 0.000000124. The average molecular weight is 1190 g/mol. The molecule has 0 spiro atoms. The molecule has 0 aromatic heterocycles. The Morgan fingerprint density at radius 1 is 0.202 bits per heavy atom. The fourth-order valence-electron chi connectivity index (χ4n) is 12.6. The van der Waals surface area contributed by atoms with Crippen LogP contribution in [-0.2, 0) is 0 Å². The Kier molecular flexibility index (Phi) is 14.3. The van der Waals surface area contributed by atoms with E-state index in [9.17, 15) is 10.0 Å². The second-order valence-corrected chi connectivity index (χ2v) is 22.6. The molecule has 0 bridgehead atoms. The molecular weight excluding hydrogens is 1130 g/mol. The second kappa shape index (κ2) is 22.9. The van der Waals surface area contributed by atoms with Gasteiger partial charge in [0.05, 0.1) is 0 Å². The van der Waals surface area contributed by atoms with E-state index in [2.05, 4.69) is 283 Å². The summed E-state index contributed by atoms with van der Waals surface area (Å²) in [5.74, 6) is 0. The molecule has 396 valence electrons.